The third kappa shape index (κ3) is 3.74. The molecule has 2 aromatic rings. The van der Waals surface area contributed by atoms with Gasteiger partial charge in [-0.3, -0.25) is 4.79 Å². The fourth-order valence-corrected chi connectivity index (χ4v) is 2.91. The number of amides is 3. The smallest absolute Gasteiger partial charge is 0.319 e. The molecule has 3 rings (SSSR count). The number of anilines is 2. The predicted octanol–water partition coefficient (Wildman–Crippen LogP) is 2.93. The first kappa shape index (κ1) is 16.8. The second-order valence-electron chi connectivity index (χ2n) is 5.81. The number of carbonyl (C=O) groups excluding carboxylic acids is 2. The molecule has 0 unspecified atom stereocenters. The molecule has 2 aromatic carbocycles. The Morgan fingerprint density at radius 3 is 2.64 bits per heavy atom. The summed E-state index contributed by atoms with van der Waals surface area (Å²) >= 11 is 0. The summed E-state index contributed by atoms with van der Waals surface area (Å²) in [5.41, 5.74) is 3.53. The predicted molar refractivity (Wildman–Crippen MR) is 97.0 cm³/mol. The van der Waals surface area contributed by atoms with E-state index < -0.39 is 0 Å². The lowest BCUT2D eigenvalue weighted by Gasteiger charge is -2.15. The second kappa shape index (κ2) is 7.25. The summed E-state index contributed by atoms with van der Waals surface area (Å²) in [6.45, 7) is 3.02. The van der Waals surface area contributed by atoms with E-state index in [1.807, 2.05) is 49.4 Å². The number of hydrogen-bond donors (Lipinski definition) is 2. The minimum absolute atomic E-state index is 0.0959. The summed E-state index contributed by atoms with van der Waals surface area (Å²) in [6.07, 6.45) is 0.381. The zero-order valence-electron chi connectivity index (χ0n) is 14.3. The molecule has 0 saturated carbocycles. The Balaban J connectivity index is 1.58. The van der Waals surface area contributed by atoms with Gasteiger partial charge in [-0.2, -0.15) is 0 Å². The Morgan fingerprint density at radius 1 is 1.20 bits per heavy atom. The number of benzene rings is 2. The standard InChI is InChI=1S/C19H21N3O3/c1-3-22-17-9-6-15(10-14(17)11-18(22)23)21-19(24)20-12-13-4-7-16(25-2)8-5-13/h4-10H,3,11-12H2,1-2H3,(H2,20,21,24). The normalized spacial score (nSPS) is 12.7. The molecule has 0 bridgehead atoms. The fourth-order valence-electron chi connectivity index (χ4n) is 2.91. The van der Waals surface area contributed by atoms with Crippen molar-refractivity contribution in [2.24, 2.45) is 0 Å². The number of carbonyl (C=O) groups is 2. The van der Waals surface area contributed by atoms with Gasteiger partial charge in [-0.15, -0.1) is 0 Å². The van der Waals surface area contributed by atoms with Gasteiger partial charge in [0, 0.05) is 24.5 Å². The van der Waals surface area contributed by atoms with Crippen molar-refractivity contribution >= 4 is 23.3 Å². The van der Waals surface area contributed by atoms with Gasteiger partial charge < -0.3 is 20.3 Å². The number of urea groups is 1. The van der Waals surface area contributed by atoms with E-state index in [0.717, 1.165) is 22.6 Å². The van der Waals surface area contributed by atoms with E-state index in [4.69, 9.17) is 4.74 Å². The van der Waals surface area contributed by atoms with E-state index in [9.17, 15) is 9.59 Å². The van der Waals surface area contributed by atoms with E-state index in [-0.39, 0.29) is 11.9 Å². The molecule has 0 radical (unpaired) electrons. The molecule has 0 spiro atoms. The third-order valence-electron chi connectivity index (χ3n) is 4.20. The second-order valence-corrected chi connectivity index (χ2v) is 5.81. The first-order valence-corrected chi connectivity index (χ1v) is 8.21. The van der Waals surface area contributed by atoms with Gasteiger partial charge in [0.05, 0.1) is 13.5 Å². The van der Waals surface area contributed by atoms with Crippen molar-refractivity contribution in [2.45, 2.75) is 19.9 Å². The summed E-state index contributed by atoms with van der Waals surface area (Å²) < 4.78 is 5.11. The van der Waals surface area contributed by atoms with Gasteiger partial charge in [0.15, 0.2) is 0 Å². The highest BCUT2D eigenvalue weighted by molar-refractivity contribution is 6.02. The first-order chi connectivity index (χ1) is 12.1. The first-order valence-electron chi connectivity index (χ1n) is 8.21. The van der Waals surface area contributed by atoms with Crippen molar-refractivity contribution in [1.29, 1.82) is 0 Å². The maximum Gasteiger partial charge on any atom is 0.319 e. The number of nitrogens with one attached hydrogen (secondary N) is 2. The molecule has 6 heteroatoms. The molecule has 130 valence electrons. The Labute approximate surface area is 146 Å². The molecule has 0 aromatic heterocycles. The quantitative estimate of drug-likeness (QED) is 0.880. The van der Waals surface area contributed by atoms with Crippen LogP contribution in [-0.4, -0.2) is 25.6 Å². The largest absolute Gasteiger partial charge is 0.497 e. The van der Waals surface area contributed by atoms with Crippen LogP contribution in [0.5, 0.6) is 5.75 Å². The lowest BCUT2D eigenvalue weighted by molar-refractivity contribution is -0.117. The molecule has 0 atom stereocenters. The van der Waals surface area contributed by atoms with Crippen LogP contribution in [0.1, 0.15) is 18.1 Å². The maximum absolute atomic E-state index is 12.1. The number of ether oxygens (including phenoxy) is 1. The summed E-state index contributed by atoms with van der Waals surface area (Å²) in [6, 6.07) is 12.8. The lowest BCUT2D eigenvalue weighted by Crippen LogP contribution is -2.28. The summed E-state index contributed by atoms with van der Waals surface area (Å²) in [4.78, 5) is 25.7. The number of nitrogens with zero attached hydrogens (tertiary/aromatic N) is 1. The Morgan fingerprint density at radius 2 is 1.96 bits per heavy atom. The number of hydrogen-bond acceptors (Lipinski definition) is 3. The number of likely N-dealkylation sites (N-methyl/N-ethyl adjacent to an activating group) is 1. The van der Waals surface area contributed by atoms with Crippen molar-refractivity contribution < 1.29 is 14.3 Å². The summed E-state index contributed by atoms with van der Waals surface area (Å²) in [5.74, 6) is 0.876. The van der Waals surface area contributed by atoms with Gasteiger partial charge in [-0.05, 0) is 48.4 Å². The van der Waals surface area contributed by atoms with E-state index >= 15 is 0 Å². The van der Waals surface area contributed by atoms with E-state index in [1.165, 1.54) is 0 Å². The molecule has 0 fully saturated rings. The lowest BCUT2D eigenvalue weighted by atomic mass is 10.1. The van der Waals surface area contributed by atoms with Crippen LogP contribution in [0.15, 0.2) is 42.5 Å². The average molecular weight is 339 g/mol. The molecule has 25 heavy (non-hydrogen) atoms. The van der Waals surface area contributed by atoms with Gasteiger partial charge in [0.2, 0.25) is 5.91 Å². The maximum atomic E-state index is 12.1. The Bertz CT molecular complexity index is 787. The van der Waals surface area contributed by atoms with E-state index in [0.29, 0.717) is 25.2 Å². The van der Waals surface area contributed by atoms with Crippen LogP contribution in [0.4, 0.5) is 16.2 Å². The zero-order valence-corrected chi connectivity index (χ0v) is 14.3. The van der Waals surface area contributed by atoms with Crippen LogP contribution < -0.4 is 20.3 Å². The topological polar surface area (TPSA) is 70.7 Å². The van der Waals surface area contributed by atoms with Crippen LogP contribution in [0, 0.1) is 0 Å². The van der Waals surface area contributed by atoms with Crippen LogP contribution in [0.3, 0.4) is 0 Å². The molecule has 1 aliphatic rings. The van der Waals surface area contributed by atoms with Crippen molar-refractivity contribution in [3.05, 3.63) is 53.6 Å². The van der Waals surface area contributed by atoms with Crippen molar-refractivity contribution in [3.8, 4) is 5.75 Å². The molecule has 0 saturated heterocycles. The number of methoxy groups -OCH3 is 1. The van der Waals surface area contributed by atoms with Gasteiger partial charge in [-0.25, -0.2) is 4.79 Å². The van der Waals surface area contributed by atoms with Gasteiger partial charge >= 0.3 is 6.03 Å². The highest BCUT2D eigenvalue weighted by Crippen LogP contribution is 2.30. The Kier molecular flexibility index (Phi) is 4.88. The number of rotatable bonds is 5. The van der Waals surface area contributed by atoms with Gasteiger partial charge in [-0.1, -0.05) is 12.1 Å². The van der Waals surface area contributed by atoms with Crippen LogP contribution in [0.25, 0.3) is 0 Å². The Hall–Kier alpha value is -3.02. The van der Waals surface area contributed by atoms with Crippen molar-refractivity contribution in [3.63, 3.8) is 0 Å². The van der Waals surface area contributed by atoms with Crippen LogP contribution in [-0.2, 0) is 17.8 Å². The molecule has 1 heterocycles. The minimum Gasteiger partial charge on any atom is -0.497 e. The minimum atomic E-state index is -0.285. The zero-order chi connectivity index (χ0) is 17.8. The molecular formula is C19H21N3O3. The highest BCUT2D eigenvalue weighted by atomic mass is 16.5. The van der Waals surface area contributed by atoms with Gasteiger partial charge in [0.1, 0.15) is 5.75 Å². The molecule has 1 aliphatic heterocycles. The third-order valence-corrected chi connectivity index (χ3v) is 4.20. The molecule has 0 aliphatic carbocycles. The highest BCUT2D eigenvalue weighted by Gasteiger charge is 2.25. The fraction of sp³-hybridized carbons (Fsp3) is 0.263. The van der Waals surface area contributed by atoms with Crippen molar-refractivity contribution in [2.75, 3.05) is 23.9 Å². The van der Waals surface area contributed by atoms with Crippen molar-refractivity contribution in [1.82, 2.24) is 5.32 Å². The van der Waals surface area contributed by atoms with E-state index in [2.05, 4.69) is 10.6 Å². The molecule has 2 N–H and O–H groups in total. The monoisotopic (exact) mass is 339 g/mol. The van der Waals surface area contributed by atoms with Crippen LogP contribution >= 0.6 is 0 Å². The van der Waals surface area contributed by atoms with Crippen LogP contribution in [0.2, 0.25) is 0 Å². The molecule has 3 amide bonds. The SMILES string of the molecule is CCN1C(=O)Cc2cc(NC(=O)NCc3ccc(OC)cc3)ccc21. The number of fused-ring (bicyclic) bond motifs is 1. The van der Waals surface area contributed by atoms with E-state index in [1.54, 1.807) is 12.0 Å². The summed E-state index contributed by atoms with van der Waals surface area (Å²) in [7, 11) is 1.62. The average Bonchev–Trinajstić information content (AvgIpc) is 2.94. The van der Waals surface area contributed by atoms with Gasteiger partial charge in [0.25, 0.3) is 0 Å². The summed E-state index contributed by atoms with van der Waals surface area (Å²) in [5, 5.41) is 5.62. The molecular weight excluding hydrogens is 318 g/mol. The molecule has 6 nitrogen and oxygen atoms in total.